The fourth-order valence-electron chi connectivity index (χ4n) is 15.1. The maximum absolute atomic E-state index is 13.8. The van der Waals surface area contributed by atoms with Crippen molar-refractivity contribution in [1.29, 1.82) is 0 Å². The van der Waals surface area contributed by atoms with Crippen molar-refractivity contribution >= 4 is 41.5 Å². The SMILES string of the molecule is CCCCCCCCCCCCC/C=C\[C@@H](O)[C@H](CO[C@@H]1O[C@H](CO)[C@@H](O[C@@H]2O[C@H](CO)[C@H](O)[C@H](O[C@]3(C(=O)O)C[C@H](O)[C@@H](NC(C)=O)C([C@H](O)[C@@H](CO)O[C@]4(C(=O)O)C[C@H](O)[C@@H](NC(C)=O)C([C@H](O)[C@@H](CO)O[C@]5(C(=O)O)C[C@H](O)[C@@H](NC(C)=O)C([C@H](O)[C@H](O)CO)O5)O4)O3)[C@H]2O)[C@H](O)[C@H]1O)NC(=O)CCCCCCCCCCC. The van der Waals surface area contributed by atoms with Crippen molar-refractivity contribution in [3.63, 3.8) is 0 Å². The number of carbonyl (C=O) groups excluding carboxylic acids is 4. The summed E-state index contributed by atoms with van der Waals surface area (Å²) in [4.78, 5) is 91.9. The van der Waals surface area contributed by atoms with Crippen LogP contribution in [0.3, 0.4) is 0 Å². The summed E-state index contributed by atoms with van der Waals surface area (Å²) in [5.74, 6) is -20.6. The number of amides is 4. The zero-order valence-electron chi connectivity index (χ0n) is 66.5. The number of hydrogen-bond acceptors (Lipinski definition) is 34. The maximum Gasteiger partial charge on any atom is 0.364 e. The van der Waals surface area contributed by atoms with E-state index in [4.69, 9.17) is 47.4 Å². The molecule has 5 aliphatic heterocycles. The van der Waals surface area contributed by atoms with Gasteiger partial charge in [0.1, 0.15) is 104 Å². The summed E-state index contributed by atoms with van der Waals surface area (Å²) in [7, 11) is 0. The topological polar surface area (TPSA) is 665 Å². The van der Waals surface area contributed by atoms with E-state index in [0.717, 1.165) is 97.8 Å². The molecule has 5 saturated heterocycles. The summed E-state index contributed by atoms with van der Waals surface area (Å²) in [6, 6.07) is -7.02. The van der Waals surface area contributed by atoms with E-state index in [2.05, 4.69) is 35.1 Å². The van der Waals surface area contributed by atoms with E-state index >= 15 is 0 Å². The van der Waals surface area contributed by atoms with Crippen LogP contribution < -0.4 is 21.3 Å². The number of aliphatic hydroxyl groups excluding tert-OH is 17. The zero-order chi connectivity index (χ0) is 86.4. The highest BCUT2D eigenvalue weighted by Crippen LogP contribution is 2.43. The highest BCUT2D eigenvalue weighted by atomic mass is 16.8. The second kappa shape index (κ2) is 49.8. The number of ether oxygens (including phenoxy) is 10. The predicted octanol–water partition coefficient (Wildman–Crippen LogP) is -4.83. The van der Waals surface area contributed by atoms with Crippen LogP contribution in [0.5, 0.6) is 0 Å². The zero-order valence-corrected chi connectivity index (χ0v) is 66.5. The minimum atomic E-state index is -3.57. The van der Waals surface area contributed by atoms with Gasteiger partial charge in [0, 0.05) is 46.5 Å². The van der Waals surface area contributed by atoms with E-state index < -0.39 is 283 Å². The lowest BCUT2D eigenvalue weighted by atomic mass is 9.86. The molecular weight excluding hydrogens is 1550 g/mol. The summed E-state index contributed by atoms with van der Waals surface area (Å²) in [6.07, 6.45) is -30.4. The average molecular weight is 1680 g/mol. The van der Waals surface area contributed by atoms with Crippen molar-refractivity contribution in [3.8, 4) is 0 Å². The third-order valence-electron chi connectivity index (χ3n) is 21.5. The number of nitrogens with one attached hydrogen (secondary N) is 4. The number of carboxylic acid groups (broad SMARTS) is 3. The number of unbranched alkanes of at least 4 members (excludes halogenated alkanes) is 19. The van der Waals surface area contributed by atoms with Crippen LogP contribution in [0, 0.1) is 0 Å². The first-order valence-electron chi connectivity index (χ1n) is 40.3. The van der Waals surface area contributed by atoms with Crippen molar-refractivity contribution in [2.24, 2.45) is 0 Å². The van der Waals surface area contributed by atoms with Gasteiger partial charge in [-0.3, -0.25) is 19.2 Å². The van der Waals surface area contributed by atoms with E-state index in [1.54, 1.807) is 6.08 Å². The van der Waals surface area contributed by atoms with Crippen LogP contribution >= 0.6 is 0 Å². The maximum atomic E-state index is 13.8. The molecule has 3 unspecified atom stereocenters. The molecule has 41 nitrogen and oxygen atoms in total. The van der Waals surface area contributed by atoms with E-state index in [1.807, 2.05) is 0 Å². The minimum absolute atomic E-state index is 0.120. The highest BCUT2D eigenvalue weighted by Gasteiger charge is 2.64. The van der Waals surface area contributed by atoms with Crippen LogP contribution in [0.1, 0.15) is 195 Å². The molecule has 0 aromatic rings. The summed E-state index contributed by atoms with van der Waals surface area (Å²) < 4.78 is 58.0. The monoisotopic (exact) mass is 1680 g/mol. The van der Waals surface area contributed by atoms with Crippen LogP contribution in [0.25, 0.3) is 0 Å². The molecule has 0 saturated carbocycles. The van der Waals surface area contributed by atoms with E-state index in [0.29, 0.717) is 12.8 Å². The van der Waals surface area contributed by atoms with Crippen molar-refractivity contribution in [3.05, 3.63) is 12.2 Å². The number of rotatable bonds is 53. The first-order chi connectivity index (χ1) is 55.0. The van der Waals surface area contributed by atoms with Gasteiger partial charge in [0.15, 0.2) is 12.6 Å². The molecule has 5 heterocycles. The highest BCUT2D eigenvalue weighted by molar-refractivity contribution is 5.79. The van der Waals surface area contributed by atoms with Gasteiger partial charge in [0.2, 0.25) is 23.6 Å². The van der Waals surface area contributed by atoms with Crippen molar-refractivity contribution in [2.45, 2.75) is 377 Å². The Morgan fingerprint density at radius 3 is 1.27 bits per heavy atom. The Morgan fingerprint density at radius 1 is 0.466 bits per heavy atom. The Kier molecular flexibility index (Phi) is 43.5. The molecule has 0 aliphatic carbocycles. The molecule has 0 bridgehead atoms. The molecular formula is C75H130N4O37. The molecule has 0 aromatic heterocycles. The molecule has 41 heteroatoms. The van der Waals surface area contributed by atoms with E-state index in [1.165, 1.54) is 51.0 Å². The van der Waals surface area contributed by atoms with Gasteiger partial charge >= 0.3 is 17.9 Å². The van der Waals surface area contributed by atoms with Crippen LogP contribution in [0.2, 0.25) is 0 Å². The van der Waals surface area contributed by atoms with E-state index in [-0.39, 0.29) is 6.42 Å². The van der Waals surface area contributed by atoms with Gasteiger partial charge in [-0.1, -0.05) is 142 Å². The van der Waals surface area contributed by atoms with Gasteiger partial charge in [0.05, 0.1) is 88.2 Å². The summed E-state index contributed by atoms with van der Waals surface area (Å²) >= 11 is 0. The Bertz CT molecular complexity index is 2990. The predicted molar refractivity (Wildman–Crippen MR) is 397 cm³/mol. The molecule has 0 spiro atoms. The lowest BCUT2D eigenvalue weighted by Crippen LogP contribution is -2.72. The Morgan fingerprint density at radius 2 is 0.862 bits per heavy atom. The van der Waals surface area contributed by atoms with Gasteiger partial charge in [-0.2, -0.15) is 0 Å². The third-order valence-corrected chi connectivity index (χ3v) is 21.5. The fraction of sp³-hybridized carbons (Fsp3) is 0.880. The normalized spacial score (nSPS) is 33.8. The minimum Gasteiger partial charge on any atom is -0.477 e. The first kappa shape index (κ1) is 102. The number of hydrogen-bond donors (Lipinski definition) is 24. The standard InChI is InChI=1S/C75H130N4O37/c1-6-8-10-12-14-16-17-18-19-21-22-24-26-28-43(88)42(79-52(93)29-27-25-23-20-15-13-11-9-7-2)38-107-68-61(99)60(98)63(51(37-84)109-68)110-69-62(100)67(57(95)48(34-81)108-69)116-75(72(105)106)32-46(91)55(78-41(5)87)66(115-75)59(97)50(36-83)112-74(71(103)104)31-45(90)54(77-40(4)86)65(114-74)58(96)49(35-82)111-73(70(101)102)30-44(89)53(76-39(3)85)64(113-73)56(94)47(92)33-80/h26,28,42-51,53-69,80-84,88-92,94-100H,6-25,27,29-38H2,1-5H3,(H,76,85)(H,77,86)(H,78,87)(H,79,93)(H,101,102)(H,103,104)(H,105,106)/b28-26-/t42-,43+,44-,45-,46-,47+,48+,49+,50+,51+,53+,54+,55+,56+,57-,58+,59+,60+,61+,62+,63+,64?,65?,66?,67-,68+,69-,73+,74+,75-/m0/s1. The second-order valence-corrected chi connectivity index (χ2v) is 30.7. The molecule has 4 amide bonds. The van der Waals surface area contributed by atoms with Crippen molar-refractivity contribution in [1.82, 2.24) is 21.3 Å². The molecule has 672 valence electrons. The number of carboxylic acids is 3. The summed E-state index contributed by atoms with van der Waals surface area (Å²) in [5, 5.41) is 234. The van der Waals surface area contributed by atoms with E-state index in [9.17, 15) is 136 Å². The Labute approximate surface area is 672 Å². The Balaban J connectivity index is 1.39. The number of aliphatic hydroxyl groups is 17. The van der Waals surface area contributed by atoms with Gasteiger partial charge in [-0.05, 0) is 19.3 Å². The first-order valence-corrected chi connectivity index (χ1v) is 40.3. The Hall–Kier alpha value is -5.05. The molecule has 116 heavy (non-hydrogen) atoms. The van der Waals surface area contributed by atoms with Gasteiger partial charge < -0.3 is 171 Å². The third kappa shape index (κ3) is 28.5. The number of aliphatic carboxylic acids is 3. The fourth-order valence-corrected chi connectivity index (χ4v) is 15.1. The average Bonchev–Trinajstić information content (AvgIpc) is 0.752. The molecule has 24 N–H and O–H groups in total. The van der Waals surface area contributed by atoms with Crippen LogP contribution in [-0.2, 0) is 80.9 Å². The summed E-state index contributed by atoms with van der Waals surface area (Å²) in [6.45, 7) is -0.161. The van der Waals surface area contributed by atoms with Crippen molar-refractivity contribution < 1.29 is 183 Å². The molecule has 5 rings (SSSR count). The second-order valence-electron chi connectivity index (χ2n) is 30.7. The number of allylic oxidation sites excluding steroid dienone is 1. The molecule has 5 aliphatic rings. The molecule has 0 aromatic carbocycles. The van der Waals surface area contributed by atoms with Gasteiger partial charge in [-0.15, -0.1) is 0 Å². The van der Waals surface area contributed by atoms with Gasteiger partial charge in [0.25, 0.3) is 17.4 Å². The smallest absolute Gasteiger partial charge is 0.364 e. The van der Waals surface area contributed by atoms with Crippen LogP contribution in [0.15, 0.2) is 12.2 Å². The van der Waals surface area contributed by atoms with Crippen molar-refractivity contribution in [2.75, 3.05) is 39.6 Å². The number of carbonyl (C=O) groups is 7. The largest absolute Gasteiger partial charge is 0.477 e. The van der Waals surface area contributed by atoms with Crippen LogP contribution in [0.4, 0.5) is 0 Å². The summed E-state index contributed by atoms with van der Waals surface area (Å²) in [5.41, 5.74) is 0. The molecule has 30 atom stereocenters. The lowest BCUT2D eigenvalue weighted by molar-refractivity contribution is -0.388. The molecule has 5 fully saturated rings. The molecule has 0 radical (unpaired) electrons. The lowest BCUT2D eigenvalue weighted by Gasteiger charge is -2.51. The van der Waals surface area contributed by atoms with Crippen LogP contribution in [-0.4, -0.2) is 366 Å². The quantitative estimate of drug-likeness (QED) is 0.0201. The van der Waals surface area contributed by atoms with Gasteiger partial charge in [-0.25, -0.2) is 14.4 Å².